The fourth-order valence-electron chi connectivity index (χ4n) is 2.80. The molecule has 3 N–H and O–H groups in total. The lowest BCUT2D eigenvalue weighted by atomic mass is 10.1. The summed E-state index contributed by atoms with van der Waals surface area (Å²) < 4.78 is 1.49. The summed E-state index contributed by atoms with van der Waals surface area (Å²) in [5.74, 6) is -2.54. The number of carbonyl (C=O) groups excluding carboxylic acids is 1. The van der Waals surface area contributed by atoms with Crippen LogP contribution in [-0.4, -0.2) is 48.9 Å². The minimum absolute atomic E-state index is 0.191. The molecule has 144 valence electrons. The lowest BCUT2D eigenvalue weighted by molar-refractivity contribution is -0.140. The predicted molar refractivity (Wildman–Crippen MR) is 99.4 cm³/mol. The van der Waals surface area contributed by atoms with E-state index in [0.717, 1.165) is 10.9 Å². The number of aromatic nitrogens is 3. The number of pyridine rings is 1. The SMILES string of the molecule is Cc1c(C(=O)N[C@@H](CCC(=O)O)C(=O)O)cnn1-c1ccc2ccccc2n1. The zero-order valence-electron chi connectivity index (χ0n) is 15.0. The van der Waals surface area contributed by atoms with Gasteiger partial charge < -0.3 is 15.5 Å². The molecule has 0 radical (unpaired) electrons. The van der Waals surface area contributed by atoms with Gasteiger partial charge in [0, 0.05) is 11.8 Å². The minimum atomic E-state index is -1.30. The molecular formula is C19H18N4O5. The second-order valence-electron chi connectivity index (χ2n) is 6.21. The fourth-order valence-corrected chi connectivity index (χ4v) is 2.80. The van der Waals surface area contributed by atoms with Gasteiger partial charge in [-0.1, -0.05) is 18.2 Å². The number of carboxylic acids is 2. The highest BCUT2D eigenvalue weighted by Gasteiger charge is 2.24. The zero-order chi connectivity index (χ0) is 20.3. The lowest BCUT2D eigenvalue weighted by Gasteiger charge is -2.13. The molecule has 28 heavy (non-hydrogen) atoms. The average Bonchev–Trinajstić information content (AvgIpc) is 3.05. The molecule has 9 nitrogen and oxygen atoms in total. The number of rotatable bonds is 7. The van der Waals surface area contributed by atoms with Gasteiger partial charge in [-0.2, -0.15) is 5.10 Å². The molecule has 1 atom stereocenters. The molecule has 9 heteroatoms. The van der Waals surface area contributed by atoms with Crippen molar-refractivity contribution in [3.8, 4) is 5.82 Å². The van der Waals surface area contributed by atoms with Crippen LogP contribution in [0.4, 0.5) is 0 Å². The third kappa shape index (κ3) is 3.98. The minimum Gasteiger partial charge on any atom is -0.481 e. The average molecular weight is 382 g/mol. The fraction of sp³-hybridized carbons (Fsp3) is 0.211. The number of fused-ring (bicyclic) bond motifs is 1. The van der Waals surface area contributed by atoms with Crippen LogP contribution in [0.15, 0.2) is 42.6 Å². The number of nitrogens with one attached hydrogen (secondary N) is 1. The molecule has 0 saturated heterocycles. The van der Waals surface area contributed by atoms with Crippen LogP contribution in [0.2, 0.25) is 0 Å². The molecule has 2 heterocycles. The van der Waals surface area contributed by atoms with Gasteiger partial charge in [0.15, 0.2) is 5.82 Å². The zero-order valence-corrected chi connectivity index (χ0v) is 15.0. The van der Waals surface area contributed by atoms with Crippen molar-refractivity contribution in [3.05, 3.63) is 53.9 Å². The molecule has 0 saturated carbocycles. The molecule has 3 rings (SSSR count). The summed E-state index contributed by atoms with van der Waals surface area (Å²) in [5, 5.41) is 25.4. The van der Waals surface area contributed by atoms with Gasteiger partial charge >= 0.3 is 11.9 Å². The van der Waals surface area contributed by atoms with Gasteiger partial charge in [-0.25, -0.2) is 14.5 Å². The van der Waals surface area contributed by atoms with Crippen LogP contribution in [-0.2, 0) is 9.59 Å². The van der Waals surface area contributed by atoms with Gasteiger partial charge in [0.05, 0.1) is 23.0 Å². The van der Waals surface area contributed by atoms with E-state index >= 15 is 0 Å². The van der Waals surface area contributed by atoms with E-state index in [2.05, 4.69) is 15.4 Å². The second-order valence-corrected chi connectivity index (χ2v) is 6.21. The van der Waals surface area contributed by atoms with Crippen molar-refractivity contribution >= 4 is 28.7 Å². The number of amides is 1. The van der Waals surface area contributed by atoms with Crippen LogP contribution in [0.5, 0.6) is 0 Å². The molecule has 0 bridgehead atoms. The third-order valence-corrected chi connectivity index (χ3v) is 4.31. The molecule has 1 aromatic carbocycles. The Morgan fingerprint density at radius 2 is 1.89 bits per heavy atom. The van der Waals surface area contributed by atoms with Gasteiger partial charge in [0.2, 0.25) is 0 Å². The molecule has 1 amide bonds. The van der Waals surface area contributed by atoms with Crippen LogP contribution in [0.3, 0.4) is 0 Å². The summed E-state index contributed by atoms with van der Waals surface area (Å²) in [4.78, 5) is 39.0. The van der Waals surface area contributed by atoms with Crippen molar-refractivity contribution in [2.24, 2.45) is 0 Å². The normalized spacial score (nSPS) is 11.9. The van der Waals surface area contributed by atoms with E-state index in [4.69, 9.17) is 5.11 Å². The van der Waals surface area contributed by atoms with Crippen LogP contribution >= 0.6 is 0 Å². The van der Waals surface area contributed by atoms with Gasteiger partial charge in [0.25, 0.3) is 5.91 Å². The van der Waals surface area contributed by atoms with Crippen molar-refractivity contribution in [1.82, 2.24) is 20.1 Å². The number of hydrogen-bond donors (Lipinski definition) is 3. The van der Waals surface area contributed by atoms with E-state index in [-0.39, 0.29) is 18.4 Å². The summed E-state index contributed by atoms with van der Waals surface area (Å²) in [6.45, 7) is 1.67. The van der Waals surface area contributed by atoms with Crippen molar-refractivity contribution < 1.29 is 24.6 Å². The number of hydrogen-bond acceptors (Lipinski definition) is 5. The Hall–Kier alpha value is -3.75. The van der Waals surface area contributed by atoms with Gasteiger partial charge in [-0.15, -0.1) is 0 Å². The first-order chi connectivity index (χ1) is 13.4. The highest BCUT2D eigenvalue weighted by Crippen LogP contribution is 2.17. The smallest absolute Gasteiger partial charge is 0.326 e. The Morgan fingerprint density at radius 1 is 1.14 bits per heavy atom. The van der Waals surface area contributed by atoms with E-state index in [0.29, 0.717) is 11.5 Å². The Balaban J connectivity index is 1.83. The molecule has 0 unspecified atom stereocenters. The van der Waals surface area contributed by atoms with Gasteiger partial charge in [-0.05, 0) is 31.5 Å². The summed E-state index contributed by atoms with van der Waals surface area (Å²) in [6.07, 6.45) is 0.754. The van der Waals surface area contributed by atoms with E-state index in [9.17, 15) is 19.5 Å². The van der Waals surface area contributed by atoms with E-state index < -0.39 is 23.9 Å². The maximum atomic E-state index is 12.5. The van der Waals surface area contributed by atoms with Crippen molar-refractivity contribution in [1.29, 1.82) is 0 Å². The van der Waals surface area contributed by atoms with Crippen molar-refractivity contribution in [3.63, 3.8) is 0 Å². The third-order valence-electron chi connectivity index (χ3n) is 4.31. The molecule has 0 aliphatic heterocycles. The van der Waals surface area contributed by atoms with Gasteiger partial charge in [-0.3, -0.25) is 9.59 Å². The second kappa shape index (κ2) is 7.87. The Labute approximate surface area is 159 Å². The topological polar surface area (TPSA) is 134 Å². The molecule has 2 aromatic heterocycles. The Bertz CT molecular complexity index is 1060. The van der Waals surface area contributed by atoms with Crippen molar-refractivity contribution in [2.75, 3.05) is 0 Å². The predicted octanol–water partition coefficient (Wildman–Crippen LogP) is 1.78. The molecule has 0 aliphatic carbocycles. The number of benzene rings is 1. The van der Waals surface area contributed by atoms with Crippen molar-refractivity contribution in [2.45, 2.75) is 25.8 Å². The van der Waals surface area contributed by atoms with E-state index in [1.807, 2.05) is 30.3 Å². The number of carbonyl (C=O) groups is 3. The molecule has 0 spiro atoms. The first-order valence-electron chi connectivity index (χ1n) is 8.53. The maximum Gasteiger partial charge on any atom is 0.326 e. The van der Waals surface area contributed by atoms with E-state index in [1.165, 1.54) is 10.9 Å². The number of carboxylic acid groups (broad SMARTS) is 2. The summed E-state index contributed by atoms with van der Waals surface area (Å²) >= 11 is 0. The number of para-hydroxylation sites is 1. The molecular weight excluding hydrogens is 364 g/mol. The van der Waals surface area contributed by atoms with Crippen LogP contribution < -0.4 is 5.32 Å². The monoisotopic (exact) mass is 382 g/mol. The summed E-state index contributed by atoms with van der Waals surface area (Å²) in [5.41, 5.74) is 1.46. The van der Waals surface area contributed by atoms with E-state index in [1.54, 1.807) is 13.0 Å². The first-order valence-corrected chi connectivity index (χ1v) is 8.53. The molecule has 0 aliphatic rings. The van der Waals surface area contributed by atoms with Crippen LogP contribution in [0.1, 0.15) is 28.9 Å². The number of aliphatic carboxylic acids is 2. The number of nitrogens with zero attached hydrogens (tertiary/aromatic N) is 3. The highest BCUT2D eigenvalue weighted by molar-refractivity contribution is 5.97. The largest absolute Gasteiger partial charge is 0.481 e. The Kier molecular flexibility index (Phi) is 5.35. The maximum absolute atomic E-state index is 12.5. The van der Waals surface area contributed by atoms with Gasteiger partial charge in [0.1, 0.15) is 6.04 Å². The standard InChI is InChI=1S/C19H18N4O5/c1-11-13(18(26)22-15(19(27)28)7-9-17(24)25)10-20-23(11)16-8-6-12-4-2-3-5-14(12)21-16/h2-6,8,10,15H,7,9H2,1H3,(H,22,26)(H,24,25)(H,27,28)/t15-/m0/s1. The quantitative estimate of drug-likeness (QED) is 0.567. The van der Waals surface area contributed by atoms with Crippen LogP contribution in [0, 0.1) is 6.92 Å². The lowest BCUT2D eigenvalue weighted by Crippen LogP contribution is -2.41. The molecule has 3 aromatic rings. The van der Waals surface area contributed by atoms with Crippen LogP contribution in [0.25, 0.3) is 16.7 Å². The Morgan fingerprint density at radius 3 is 2.61 bits per heavy atom. The summed E-state index contributed by atoms with van der Waals surface area (Å²) in [7, 11) is 0. The summed E-state index contributed by atoms with van der Waals surface area (Å²) in [6, 6.07) is 9.95. The highest BCUT2D eigenvalue weighted by atomic mass is 16.4. The first kappa shape index (κ1) is 19.0. The molecule has 0 fully saturated rings.